The normalized spacial score (nSPS) is 6.29. The highest BCUT2D eigenvalue weighted by molar-refractivity contribution is 4.78. The Morgan fingerprint density at radius 1 is 1.29 bits per heavy atom. The molecule has 0 amide bonds. The van der Waals surface area contributed by atoms with Crippen molar-refractivity contribution in [3.8, 4) is 0 Å². The summed E-state index contributed by atoms with van der Waals surface area (Å²) in [5.74, 6) is 0. The van der Waals surface area contributed by atoms with Gasteiger partial charge in [0.2, 0.25) is 0 Å². The van der Waals surface area contributed by atoms with Gasteiger partial charge in [0.05, 0.1) is 0 Å². The van der Waals surface area contributed by atoms with Crippen LogP contribution in [0.2, 0.25) is 0 Å². The van der Waals surface area contributed by atoms with Gasteiger partial charge in [-0.25, -0.2) is 0 Å². The first-order chi connectivity index (χ1) is 3.15. The van der Waals surface area contributed by atoms with Crippen LogP contribution in [0.1, 0.15) is 34.1 Å². The molecule has 0 aromatic carbocycles. The zero-order valence-electron chi connectivity index (χ0n) is 5.91. The minimum Gasteiger partial charge on any atom is -0.100 e. The minimum atomic E-state index is 1.17. The molecule has 0 N–H and O–H groups in total. The molecule has 0 aromatic heterocycles. The van der Waals surface area contributed by atoms with Crippen LogP contribution in [-0.4, -0.2) is 0 Å². The Hall–Kier alpha value is -0.260. The van der Waals surface area contributed by atoms with Crippen molar-refractivity contribution in [3.63, 3.8) is 0 Å². The van der Waals surface area contributed by atoms with Gasteiger partial charge in [0, 0.05) is 0 Å². The van der Waals surface area contributed by atoms with Gasteiger partial charge in [0.15, 0.2) is 0 Å². The van der Waals surface area contributed by atoms with E-state index >= 15 is 0 Å². The molecule has 0 rings (SSSR count). The molecule has 0 spiro atoms. The van der Waals surface area contributed by atoms with Crippen LogP contribution in [0.4, 0.5) is 0 Å². The van der Waals surface area contributed by atoms with Crippen molar-refractivity contribution in [1.29, 1.82) is 0 Å². The molecule has 0 aliphatic carbocycles. The summed E-state index contributed by atoms with van der Waals surface area (Å²) in [5.41, 5.74) is 1.17. The number of hydrogen-bond acceptors (Lipinski definition) is 0. The Balaban J connectivity index is 0. The van der Waals surface area contributed by atoms with Crippen LogP contribution in [0.15, 0.2) is 12.2 Å². The lowest BCUT2D eigenvalue weighted by molar-refractivity contribution is 1.09. The van der Waals surface area contributed by atoms with Crippen LogP contribution in [0.5, 0.6) is 0 Å². The quantitative estimate of drug-likeness (QED) is 0.410. The molecule has 44 valence electrons. The second-order valence-electron chi connectivity index (χ2n) is 1.91. The van der Waals surface area contributed by atoms with Gasteiger partial charge in [-0.15, -0.1) is 6.58 Å². The molecule has 0 aromatic rings. The topological polar surface area (TPSA) is 0 Å². The molecule has 0 aliphatic rings. The highest BCUT2D eigenvalue weighted by Gasteiger charge is 1.51. The lowest BCUT2D eigenvalue weighted by Crippen LogP contribution is -1.43. The lowest BCUT2D eigenvalue weighted by atomic mass is 10.4. The summed E-state index contributed by atoms with van der Waals surface area (Å²) in [7, 11) is 0. The zero-order valence-corrected chi connectivity index (χ0v) is 5.91. The molecule has 0 nitrogen and oxygen atoms in total. The molecule has 0 saturated heterocycles. The first-order valence-corrected chi connectivity index (χ1v) is 2.77. The van der Waals surface area contributed by atoms with E-state index in [0.717, 1.165) is 0 Å². The van der Waals surface area contributed by atoms with E-state index < -0.39 is 0 Å². The van der Waals surface area contributed by atoms with Crippen LogP contribution in [0, 0.1) is 0 Å². The van der Waals surface area contributed by atoms with Crippen molar-refractivity contribution in [2.75, 3.05) is 0 Å². The average Bonchev–Trinajstić information content (AvgIpc) is 1.33. The molecule has 0 bridgehead atoms. The Labute approximate surface area is 47.2 Å². The van der Waals surface area contributed by atoms with Crippen molar-refractivity contribution in [1.82, 2.24) is 0 Å². The third-order valence-electron chi connectivity index (χ3n) is 0. The van der Waals surface area contributed by atoms with E-state index in [-0.39, 0.29) is 0 Å². The van der Waals surface area contributed by atoms with Crippen molar-refractivity contribution >= 4 is 0 Å². The minimum absolute atomic E-state index is 1.17. The van der Waals surface area contributed by atoms with Crippen LogP contribution in [0.3, 0.4) is 0 Å². The van der Waals surface area contributed by atoms with Crippen LogP contribution < -0.4 is 0 Å². The molecular weight excluding hydrogens is 84.1 g/mol. The molecular formula is C7H16. The second-order valence-corrected chi connectivity index (χ2v) is 1.91. The fraction of sp³-hybridized carbons (Fsp3) is 0.714. The number of rotatable bonds is 0. The van der Waals surface area contributed by atoms with Crippen molar-refractivity contribution < 1.29 is 0 Å². The van der Waals surface area contributed by atoms with E-state index in [9.17, 15) is 0 Å². The summed E-state index contributed by atoms with van der Waals surface area (Å²) in [6.07, 6.45) is 1.25. The molecule has 0 saturated carbocycles. The summed E-state index contributed by atoms with van der Waals surface area (Å²) in [6.45, 7) is 11.8. The maximum atomic E-state index is 3.56. The van der Waals surface area contributed by atoms with E-state index in [4.69, 9.17) is 0 Å². The third-order valence-corrected chi connectivity index (χ3v) is 0. The van der Waals surface area contributed by atoms with E-state index in [2.05, 4.69) is 20.4 Å². The summed E-state index contributed by atoms with van der Waals surface area (Å²) < 4.78 is 0. The highest BCUT2D eigenvalue weighted by atomic mass is 13.6. The average molecular weight is 100 g/mol. The Morgan fingerprint density at radius 2 is 1.29 bits per heavy atom. The zero-order chi connectivity index (χ0) is 6.28. The number of hydrogen-bond donors (Lipinski definition) is 0. The molecule has 0 heteroatoms. The van der Waals surface area contributed by atoms with Crippen molar-refractivity contribution in [3.05, 3.63) is 12.2 Å². The van der Waals surface area contributed by atoms with Gasteiger partial charge >= 0.3 is 0 Å². The summed E-state index contributed by atoms with van der Waals surface area (Å²) >= 11 is 0. The highest BCUT2D eigenvalue weighted by Crippen LogP contribution is 1.73. The van der Waals surface area contributed by atoms with E-state index in [0.29, 0.717) is 0 Å². The molecule has 0 aliphatic heterocycles. The third kappa shape index (κ3) is 1190. The molecule has 0 atom stereocenters. The number of allylic oxidation sites excluding steroid dienone is 1. The Morgan fingerprint density at radius 3 is 1.29 bits per heavy atom. The van der Waals surface area contributed by atoms with Gasteiger partial charge in [0.1, 0.15) is 0 Å². The smallest absolute Gasteiger partial charge is 0.0445 e. The van der Waals surface area contributed by atoms with E-state index in [1.165, 1.54) is 12.0 Å². The lowest BCUT2D eigenvalue weighted by Gasteiger charge is -1.65. The summed E-state index contributed by atoms with van der Waals surface area (Å²) in [6, 6.07) is 0. The molecule has 0 fully saturated rings. The SMILES string of the molecule is C=C(C)C.CCC. The Bertz CT molecular complexity index is 31.3. The van der Waals surface area contributed by atoms with Crippen LogP contribution >= 0.6 is 0 Å². The monoisotopic (exact) mass is 100 g/mol. The van der Waals surface area contributed by atoms with Gasteiger partial charge < -0.3 is 0 Å². The molecule has 0 unspecified atom stereocenters. The maximum Gasteiger partial charge on any atom is -0.0445 e. The predicted molar refractivity (Wildman–Crippen MR) is 36.5 cm³/mol. The van der Waals surface area contributed by atoms with Gasteiger partial charge in [0.25, 0.3) is 0 Å². The fourth-order valence-electron chi connectivity index (χ4n) is 0. The largest absolute Gasteiger partial charge is 0.100 e. The first kappa shape index (κ1) is 9.88. The first-order valence-electron chi connectivity index (χ1n) is 2.77. The van der Waals surface area contributed by atoms with Crippen molar-refractivity contribution in [2.45, 2.75) is 34.1 Å². The van der Waals surface area contributed by atoms with Crippen LogP contribution in [0.25, 0.3) is 0 Å². The van der Waals surface area contributed by atoms with Crippen molar-refractivity contribution in [2.24, 2.45) is 0 Å². The Kier molecular flexibility index (Phi) is 13.0. The summed E-state index contributed by atoms with van der Waals surface area (Å²) in [4.78, 5) is 0. The molecule has 7 heavy (non-hydrogen) atoms. The van der Waals surface area contributed by atoms with Gasteiger partial charge in [-0.3, -0.25) is 0 Å². The summed E-state index contributed by atoms with van der Waals surface area (Å²) in [5, 5.41) is 0. The van der Waals surface area contributed by atoms with Crippen LogP contribution in [-0.2, 0) is 0 Å². The van der Waals surface area contributed by atoms with E-state index in [1.54, 1.807) is 0 Å². The van der Waals surface area contributed by atoms with Gasteiger partial charge in [-0.1, -0.05) is 25.8 Å². The van der Waals surface area contributed by atoms with Gasteiger partial charge in [-0.05, 0) is 13.8 Å². The van der Waals surface area contributed by atoms with Gasteiger partial charge in [-0.2, -0.15) is 0 Å². The molecule has 0 radical (unpaired) electrons. The standard InChI is InChI=1S/C4H8.C3H8/c1-4(2)3;1-3-2/h1H2,2-3H3;3H2,1-2H3. The molecule has 0 heterocycles. The second kappa shape index (κ2) is 9.22. The van der Waals surface area contributed by atoms with E-state index in [1.807, 2.05) is 13.8 Å². The maximum absolute atomic E-state index is 3.56. The fourth-order valence-corrected chi connectivity index (χ4v) is 0. The predicted octanol–water partition coefficient (Wildman–Crippen LogP) is 3.00.